The lowest BCUT2D eigenvalue weighted by Gasteiger charge is -2.12. The standard InChI is InChI=1S/C14H19BrN2O/c1-3-17-12(14(15)10(2)16-17)9-13(18)11-7-5-4-6-8-11/h7H,3-6,8-9H2,1-2H3. The van der Waals surface area contributed by atoms with Crippen molar-refractivity contribution in [3.05, 3.63) is 27.5 Å². The smallest absolute Gasteiger partial charge is 0.164 e. The summed E-state index contributed by atoms with van der Waals surface area (Å²) in [7, 11) is 0. The molecule has 4 heteroatoms. The molecule has 0 aromatic carbocycles. The van der Waals surface area contributed by atoms with E-state index in [4.69, 9.17) is 0 Å². The highest BCUT2D eigenvalue weighted by Gasteiger charge is 2.18. The molecule has 0 radical (unpaired) electrons. The lowest BCUT2D eigenvalue weighted by atomic mass is 9.94. The average Bonchev–Trinajstić information content (AvgIpc) is 2.67. The molecule has 1 aromatic rings. The summed E-state index contributed by atoms with van der Waals surface area (Å²) in [6.45, 7) is 4.81. The summed E-state index contributed by atoms with van der Waals surface area (Å²) in [6, 6.07) is 0. The summed E-state index contributed by atoms with van der Waals surface area (Å²) in [5.41, 5.74) is 2.97. The quantitative estimate of drug-likeness (QED) is 0.852. The molecule has 0 unspecified atom stereocenters. The fraction of sp³-hybridized carbons (Fsp3) is 0.571. The van der Waals surface area contributed by atoms with Crippen LogP contribution in [0.1, 0.15) is 44.0 Å². The van der Waals surface area contributed by atoms with Gasteiger partial charge >= 0.3 is 0 Å². The number of aromatic nitrogens is 2. The first kappa shape index (κ1) is 13.5. The molecule has 3 nitrogen and oxygen atoms in total. The van der Waals surface area contributed by atoms with Crippen LogP contribution in [0.2, 0.25) is 0 Å². The zero-order valence-corrected chi connectivity index (χ0v) is 12.6. The van der Waals surface area contributed by atoms with E-state index >= 15 is 0 Å². The Morgan fingerprint density at radius 2 is 2.28 bits per heavy atom. The van der Waals surface area contributed by atoms with Crippen LogP contribution >= 0.6 is 15.9 Å². The maximum atomic E-state index is 12.3. The van der Waals surface area contributed by atoms with Crippen LogP contribution in [-0.4, -0.2) is 15.6 Å². The Morgan fingerprint density at radius 1 is 1.50 bits per heavy atom. The predicted molar refractivity (Wildman–Crippen MR) is 75.6 cm³/mol. The van der Waals surface area contributed by atoms with E-state index in [-0.39, 0.29) is 5.78 Å². The highest BCUT2D eigenvalue weighted by molar-refractivity contribution is 9.10. The highest BCUT2D eigenvalue weighted by atomic mass is 79.9. The number of Topliss-reactive ketones (excluding diaryl/α,β-unsaturated/α-hetero) is 1. The Balaban J connectivity index is 2.18. The number of halogens is 1. The molecule has 2 rings (SSSR count). The number of hydrogen-bond donors (Lipinski definition) is 0. The number of nitrogens with zero attached hydrogens (tertiary/aromatic N) is 2. The van der Waals surface area contributed by atoms with Crippen molar-refractivity contribution < 1.29 is 4.79 Å². The van der Waals surface area contributed by atoms with Crippen molar-refractivity contribution in [2.45, 2.75) is 52.5 Å². The minimum absolute atomic E-state index is 0.255. The van der Waals surface area contributed by atoms with E-state index in [0.717, 1.165) is 47.2 Å². The zero-order chi connectivity index (χ0) is 13.1. The van der Waals surface area contributed by atoms with E-state index in [2.05, 4.69) is 27.1 Å². The monoisotopic (exact) mass is 310 g/mol. The van der Waals surface area contributed by atoms with Gasteiger partial charge in [0.25, 0.3) is 0 Å². The van der Waals surface area contributed by atoms with Crippen molar-refractivity contribution in [3.63, 3.8) is 0 Å². The Kier molecular flexibility index (Phi) is 4.38. The number of allylic oxidation sites excluding steroid dienone is 2. The predicted octanol–water partition coefficient (Wildman–Crippen LogP) is 3.59. The lowest BCUT2D eigenvalue weighted by molar-refractivity contribution is -0.115. The first-order valence-corrected chi connectivity index (χ1v) is 7.36. The van der Waals surface area contributed by atoms with Gasteiger partial charge in [0.2, 0.25) is 0 Å². The SMILES string of the molecule is CCn1nc(C)c(Br)c1CC(=O)C1=CCCCC1. The largest absolute Gasteiger partial charge is 0.294 e. The number of hydrogen-bond acceptors (Lipinski definition) is 2. The molecule has 1 aliphatic carbocycles. The number of ketones is 1. The van der Waals surface area contributed by atoms with Gasteiger partial charge in [0.1, 0.15) is 0 Å². The number of aryl methyl sites for hydroxylation is 2. The second kappa shape index (κ2) is 5.83. The molecule has 98 valence electrons. The third-order valence-corrected chi connectivity index (χ3v) is 4.46. The number of carbonyl (C=O) groups excluding carboxylic acids is 1. The van der Waals surface area contributed by atoms with Crippen molar-refractivity contribution in [1.29, 1.82) is 0 Å². The van der Waals surface area contributed by atoms with Crippen molar-refractivity contribution >= 4 is 21.7 Å². The van der Waals surface area contributed by atoms with Gasteiger partial charge in [-0.05, 0) is 61.0 Å². The van der Waals surface area contributed by atoms with E-state index in [1.807, 2.05) is 18.5 Å². The van der Waals surface area contributed by atoms with Gasteiger partial charge in [0.05, 0.1) is 22.3 Å². The molecular weight excluding hydrogens is 292 g/mol. The number of rotatable bonds is 4. The molecule has 1 aromatic heterocycles. The van der Waals surface area contributed by atoms with Crippen LogP contribution in [0.3, 0.4) is 0 Å². The maximum absolute atomic E-state index is 12.3. The van der Waals surface area contributed by atoms with Crippen molar-refractivity contribution in [1.82, 2.24) is 9.78 Å². The average molecular weight is 311 g/mol. The Morgan fingerprint density at radius 3 is 2.89 bits per heavy atom. The van der Waals surface area contributed by atoms with Crippen LogP contribution < -0.4 is 0 Å². The van der Waals surface area contributed by atoms with Crippen molar-refractivity contribution in [2.75, 3.05) is 0 Å². The Labute approximate surface area is 116 Å². The molecule has 0 saturated heterocycles. The summed E-state index contributed by atoms with van der Waals surface area (Å²) in [5, 5.41) is 4.42. The van der Waals surface area contributed by atoms with Gasteiger partial charge in [-0.25, -0.2) is 0 Å². The third kappa shape index (κ3) is 2.74. The molecule has 0 N–H and O–H groups in total. The topological polar surface area (TPSA) is 34.9 Å². The van der Waals surface area contributed by atoms with Gasteiger partial charge in [-0.3, -0.25) is 9.48 Å². The first-order chi connectivity index (χ1) is 8.63. The van der Waals surface area contributed by atoms with Gasteiger partial charge in [0.15, 0.2) is 5.78 Å². The van der Waals surface area contributed by atoms with E-state index in [1.54, 1.807) is 0 Å². The van der Waals surface area contributed by atoms with Crippen LogP contribution in [-0.2, 0) is 17.8 Å². The van der Waals surface area contributed by atoms with Crippen LogP contribution in [0.5, 0.6) is 0 Å². The van der Waals surface area contributed by atoms with Gasteiger partial charge in [-0.2, -0.15) is 5.10 Å². The molecule has 0 amide bonds. The van der Waals surface area contributed by atoms with E-state index in [9.17, 15) is 4.79 Å². The summed E-state index contributed by atoms with van der Waals surface area (Å²) >= 11 is 3.54. The minimum atomic E-state index is 0.255. The van der Waals surface area contributed by atoms with Crippen molar-refractivity contribution in [3.8, 4) is 0 Å². The molecule has 1 heterocycles. The van der Waals surface area contributed by atoms with Crippen LogP contribution in [0.15, 0.2) is 16.1 Å². The molecular formula is C14H19BrN2O. The van der Waals surface area contributed by atoms with Gasteiger partial charge < -0.3 is 0 Å². The van der Waals surface area contributed by atoms with Gasteiger partial charge in [-0.1, -0.05) is 6.08 Å². The maximum Gasteiger partial charge on any atom is 0.164 e. The van der Waals surface area contributed by atoms with E-state index in [0.29, 0.717) is 6.42 Å². The Hall–Kier alpha value is -0.900. The van der Waals surface area contributed by atoms with Crippen LogP contribution in [0.25, 0.3) is 0 Å². The minimum Gasteiger partial charge on any atom is -0.294 e. The third-order valence-electron chi connectivity index (χ3n) is 3.43. The number of carbonyl (C=O) groups is 1. The summed E-state index contributed by atoms with van der Waals surface area (Å²) < 4.78 is 2.90. The molecule has 1 aliphatic rings. The zero-order valence-electron chi connectivity index (χ0n) is 11.0. The van der Waals surface area contributed by atoms with Gasteiger partial charge in [0, 0.05) is 6.54 Å². The highest BCUT2D eigenvalue weighted by Crippen LogP contribution is 2.24. The van der Waals surface area contributed by atoms with Crippen molar-refractivity contribution in [2.24, 2.45) is 0 Å². The normalized spacial score (nSPS) is 15.6. The van der Waals surface area contributed by atoms with E-state index in [1.165, 1.54) is 6.42 Å². The summed E-state index contributed by atoms with van der Waals surface area (Å²) in [4.78, 5) is 12.3. The van der Waals surface area contributed by atoms with Gasteiger partial charge in [-0.15, -0.1) is 0 Å². The summed E-state index contributed by atoms with van der Waals surface area (Å²) in [5.74, 6) is 0.255. The second-order valence-corrected chi connectivity index (χ2v) is 5.53. The lowest BCUT2D eigenvalue weighted by Crippen LogP contribution is -2.13. The molecule has 0 spiro atoms. The van der Waals surface area contributed by atoms with Crippen LogP contribution in [0.4, 0.5) is 0 Å². The van der Waals surface area contributed by atoms with E-state index < -0.39 is 0 Å². The fourth-order valence-corrected chi connectivity index (χ4v) is 2.82. The molecule has 0 atom stereocenters. The molecule has 0 bridgehead atoms. The molecule has 0 saturated carbocycles. The molecule has 0 fully saturated rings. The van der Waals surface area contributed by atoms with Crippen LogP contribution in [0, 0.1) is 6.92 Å². The molecule has 0 aliphatic heterocycles. The fourth-order valence-electron chi connectivity index (χ4n) is 2.39. The molecule has 18 heavy (non-hydrogen) atoms. The first-order valence-electron chi connectivity index (χ1n) is 6.57. The second-order valence-electron chi connectivity index (χ2n) is 4.74. The Bertz CT molecular complexity index is 488. The summed E-state index contributed by atoms with van der Waals surface area (Å²) in [6.07, 6.45) is 6.92.